The molecule has 1 saturated heterocycles. The highest BCUT2D eigenvalue weighted by atomic mass is 16.5. The molecule has 1 atom stereocenters. The molecular weight excluding hydrogens is 354 g/mol. The molecule has 0 aliphatic carbocycles. The highest BCUT2D eigenvalue weighted by molar-refractivity contribution is 5.93. The van der Waals surface area contributed by atoms with Gasteiger partial charge in [0.25, 0.3) is 0 Å². The number of rotatable bonds is 4. The van der Waals surface area contributed by atoms with Crippen molar-refractivity contribution in [3.8, 4) is 17.5 Å². The highest BCUT2D eigenvalue weighted by Crippen LogP contribution is 2.36. The van der Waals surface area contributed by atoms with E-state index in [1.165, 1.54) is 0 Å². The molecule has 0 unspecified atom stereocenters. The number of hydrogen-bond donors (Lipinski definition) is 1. The van der Waals surface area contributed by atoms with E-state index in [2.05, 4.69) is 34.2 Å². The molecule has 4 heterocycles. The fourth-order valence-corrected chi connectivity index (χ4v) is 3.72. The van der Waals surface area contributed by atoms with Crippen molar-refractivity contribution in [2.45, 2.75) is 45.7 Å². The number of nitrogens with one attached hydrogen (secondary N) is 1. The van der Waals surface area contributed by atoms with Crippen LogP contribution in [0.5, 0.6) is 0 Å². The van der Waals surface area contributed by atoms with Crippen LogP contribution >= 0.6 is 0 Å². The summed E-state index contributed by atoms with van der Waals surface area (Å²) < 4.78 is 7.52. The number of anilines is 1. The first kappa shape index (κ1) is 18.4. The van der Waals surface area contributed by atoms with Gasteiger partial charge in [0.2, 0.25) is 0 Å². The van der Waals surface area contributed by atoms with Crippen molar-refractivity contribution >= 4 is 16.9 Å². The van der Waals surface area contributed by atoms with Crippen molar-refractivity contribution in [1.29, 1.82) is 5.26 Å². The predicted molar refractivity (Wildman–Crippen MR) is 107 cm³/mol. The summed E-state index contributed by atoms with van der Waals surface area (Å²) >= 11 is 0. The second-order valence-electron chi connectivity index (χ2n) is 7.71. The zero-order valence-corrected chi connectivity index (χ0v) is 16.7. The fraction of sp³-hybridized carbons (Fsp3) is 0.500. The van der Waals surface area contributed by atoms with Gasteiger partial charge in [-0.2, -0.15) is 15.5 Å². The van der Waals surface area contributed by atoms with Crippen molar-refractivity contribution in [3.63, 3.8) is 0 Å². The summed E-state index contributed by atoms with van der Waals surface area (Å²) in [6.45, 7) is 10.9. The fourth-order valence-electron chi connectivity index (χ4n) is 3.72. The Balaban J connectivity index is 2.03. The number of ether oxygens (including phenoxy) is 1. The van der Waals surface area contributed by atoms with Gasteiger partial charge >= 0.3 is 0 Å². The van der Waals surface area contributed by atoms with Crippen molar-refractivity contribution in [2.75, 3.05) is 24.7 Å². The van der Waals surface area contributed by atoms with Crippen molar-refractivity contribution < 1.29 is 4.74 Å². The third kappa shape index (κ3) is 2.92. The number of pyridine rings is 1. The van der Waals surface area contributed by atoms with E-state index in [1.54, 1.807) is 6.20 Å². The van der Waals surface area contributed by atoms with E-state index < -0.39 is 5.41 Å². The largest absolute Gasteiger partial charge is 0.377 e. The Hall–Kier alpha value is -2.92. The summed E-state index contributed by atoms with van der Waals surface area (Å²) in [4.78, 5) is 7.26. The first-order chi connectivity index (χ1) is 13.5. The second kappa shape index (κ2) is 6.91. The van der Waals surface area contributed by atoms with Crippen LogP contribution in [0.15, 0.2) is 18.3 Å². The topological polar surface area (TPSA) is 95.7 Å². The van der Waals surface area contributed by atoms with E-state index in [0.717, 1.165) is 40.3 Å². The van der Waals surface area contributed by atoms with Crippen LogP contribution in [-0.4, -0.2) is 50.8 Å². The molecule has 8 heteroatoms. The average molecular weight is 379 g/mol. The molecule has 3 aromatic heterocycles. The normalized spacial score (nSPS) is 17.8. The molecule has 146 valence electrons. The van der Waals surface area contributed by atoms with Crippen molar-refractivity contribution in [1.82, 2.24) is 25.0 Å². The zero-order chi connectivity index (χ0) is 19.9. The molecule has 4 rings (SSSR count). The number of aryl methyl sites for hydroxylation is 1. The Morgan fingerprint density at radius 2 is 2.25 bits per heavy atom. The lowest BCUT2D eigenvalue weighted by molar-refractivity contribution is 0.0985. The third-order valence-corrected chi connectivity index (χ3v) is 5.35. The summed E-state index contributed by atoms with van der Waals surface area (Å²) in [5.41, 5.74) is 3.53. The van der Waals surface area contributed by atoms with Gasteiger partial charge < -0.3 is 9.64 Å². The molecule has 0 amide bonds. The maximum Gasteiger partial charge on any atom is 0.136 e. The number of hydrogen-bond acceptors (Lipinski definition) is 6. The van der Waals surface area contributed by atoms with Crippen LogP contribution in [0.1, 0.15) is 33.3 Å². The summed E-state index contributed by atoms with van der Waals surface area (Å²) in [6.07, 6.45) is 1.71. The molecule has 1 aliphatic rings. The SMILES string of the molecule is CCn1nc(-c2ccn[nH]2)c2nc(N3CCOC[C@H]3C)cc(C(C)(C)C#N)c21. The molecule has 8 nitrogen and oxygen atoms in total. The van der Waals surface area contributed by atoms with E-state index in [1.807, 2.05) is 31.5 Å². The van der Waals surface area contributed by atoms with E-state index in [0.29, 0.717) is 19.8 Å². The van der Waals surface area contributed by atoms with E-state index in [4.69, 9.17) is 14.8 Å². The smallest absolute Gasteiger partial charge is 0.136 e. The Morgan fingerprint density at radius 3 is 2.89 bits per heavy atom. The number of nitriles is 1. The van der Waals surface area contributed by atoms with Crippen LogP contribution in [0.4, 0.5) is 5.82 Å². The molecule has 0 spiro atoms. The lowest BCUT2D eigenvalue weighted by Crippen LogP contribution is -2.44. The molecule has 3 aromatic rings. The first-order valence-electron chi connectivity index (χ1n) is 9.63. The van der Waals surface area contributed by atoms with Crippen LogP contribution in [0.3, 0.4) is 0 Å². The highest BCUT2D eigenvalue weighted by Gasteiger charge is 2.30. The van der Waals surface area contributed by atoms with Gasteiger partial charge in [-0.1, -0.05) is 0 Å². The standard InChI is InChI=1S/C20H25N7O/c1-5-27-19-14(20(3,4)12-21)10-16(26-8-9-28-11-13(26)2)23-18(19)17(25-27)15-6-7-22-24-15/h6-7,10,13H,5,8-9,11H2,1-4H3,(H,22,24)/t13-/m1/s1. The van der Waals surface area contributed by atoms with Crippen LogP contribution in [-0.2, 0) is 16.7 Å². The zero-order valence-electron chi connectivity index (χ0n) is 16.7. The maximum atomic E-state index is 9.86. The summed E-state index contributed by atoms with van der Waals surface area (Å²) in [6, 6.07) is 6.62. The number of nitrogens with zero attached hydrogens (tertiary/aromatic N) is 6. The lowest BCUT2D eigenvalue weighted by atomic mass is 9.85. The van der Waals surface area contributed by atoms with Gasteiger partial charge in [-0.25, -0.2) is 4.98 Å². The lowest BCUT2D eigenvalue weighted by Gasteiger charge is -2.35. The molecular formula is C20H25N7O. The van der Waals surface area contributed by atoms with Crippen LogP contribution in [0.25, 0.3) is 22.4 Å². The van der Waals surface area contributed by atoms with Gasteiger partial charge in [-0.3, -0.25) is 9.78 Å². The number of aromatic amines is 1. The van der Waals surface area contributed by atoms with Crippen molar-refractivity contribution in [2.24, 2.45) is 0 Å². The minimum atomic E-state index is -0.677. The molecule has 0 radical (unpaired) electrons. The Bertz CT molecular complexity index is 1030. The summed E-state index contributed by atoms with van der Waals surface area (Å²) in [7, 11) is 0. The Kier molecular flexibility index (Phi) is 4.55. The molecule has 0 saturated carbocycles. The molecule has 1 N–H and O–H groups in total. The van der Waals surface area contributed by atoms with E-state index >= 15 is 0 Å². The second-order valence-corrected chi connectivity index (χ2v) is 7.71. The average Bonchev–Trinajstić information content (AvgIpc) is 3.35. The molecule has 1 aliphatic heterocycles. The number of morpholine rings is 1. The number of aromatic nitrogens is 5. The maximum absolute atomic E-state index is 9.86. The first-order valence-corrected chi connectivity index (χ1v) is 9.63. The molecule has 1 fully saturated rings. The van der Waals surface area contributed by atoms with Crippen LogP contribution in [0.2, 0.25) is 0 Å². The van der Waals surface area contributed by atoms with Gasteiger partial charge in [-0.15, -0.1) is 0 Å². The van der Waals surface area contributed by atoms with Gasteiger partial charge in [-0.05, 0) is 39.8 Å². The van der Waals surface area contributed by atoms with E-state index in [-0.39, 0.29) is 6.04 Å². The Labute approximate surface area is 164 Å². The summed E-state index contributed by atoms with van der Waals surface area (Å²) in [5.74, 6) is 0.859. The minimum Gasteiger partial charge on any atom is -0.377 e. The Morgan fingerprint density at radius 1 is 1.43 bits per heavy atom. The van der Waals surface area contributed by atoms with Gasteiger partial charge in [0, 0.05) is 24.8 Å². The van der Waals surface area contributed by atoms with Gasteiger partial charge in [0.1, 0.15) is 17.0 Å². The number of fused-ring (bicyclic) bond motifs is 1. The summed E-state index contributed by atoms with van der Waals surface area (Å²) in [5, 5.41) is 21.7. The van der Waals surface area contributed by atoms with Crippen molar-refractivity contribution in [3.05, 3.63) is 23.9 Å². The van der Waals surface area contributed by atoms with Crippen LogP contribution in [0, 0.1) is 11.3 Å². The third-order valence-electron chi connectivity index (χ3n) is 5.35. The monoisotopic (exact) mass is 379 g/mol. The molecule has 0 aromatic carbocycles. The predicted octanol–water partition coefficient (Wildman–Crippen LogP) is 2.87. The van der Waals surface area contributed by atoms with E-state index in [9.17, 15) is 5.26 Å². The minimum absolute atomic E-state index is 0.216. The quantitative estimate of drug-likeness (QED) is 0.749. The molecule has 0 bridgehead atoms. The van der Waals surface area contributed by atoms with Crippen LogP contribution < -0.4 is 4.90 Å². The number of H-pyrrole nitrogens is 1. The molecule has 28 heavy (non-hydrogen) atoms. The van der Waals surface area contributed by atoms with Gasteiger partial charge in [0.05, 0.1) is 42.0 Å². The van der Waals surface area contributed by atoms with Gasteiger partial charge in [0.15, 0.2) is 0 Å².